The molecule has 150 valence electrons. The maximum atomic E-state index is 12.5. The molecule has 0 saturated carbocycles. The number of hydrogen-bond acceptors (Lipinski definition) is 8. The van der Waals surface area contributed by atoms with Crippen LogP contribution in [0.5, 0.6) is 0 Å². The maximum Gasteiger partial charge on any atom is 0.326 e. The van der Waals surface area contributed by atoms with E-state index in [9.17, 15) is 14.7 Å². The number of aliphatic carboxylic acids is 1. The zero-order valence-corrected chi connectivity index (χ0v) is 17.3. The molecule has 10 heteroatoms. The number of carboxylic acids is 1. The number of thiophene rings is 1. The van der Waals surface area contributed by atoms with Crippen LogP contribution in [0.2, 0.25) is 0 Å². The average molecular weight is 422 g/mol. The Morgan fingerprint density at radius 1 is 1.50 bits per heavy atom. The molecule has 3 atom stereocenters. The molecule has 3 rings (SSSR count). The second-order valence-corrected chi connectivity index (χ2v) is 8.76. The van der Waals surface area contributed by atoms with E-state index < -0.39 is 12.0 Å². The monoisotopic (exact) mass is 421 g/mol. The second kappa shape index (κ2) is 8.78. The summed E-state index contributed by atoms with van der Waals surface area (Å²) < 4.78 is 0. The summed E-state index contributed by atoms with van der Waals surface area (Å²) in [6.45, 7) is 2.83. The first kappa shape index (κ1) is 20.4. The number of aromatic nitrogens is 2. The Morgan fingerprint density at radius 3 is 3.00 bits per heavy atom. The summed E-state index contributed by atoms with van der Waals surface area (Å²) in [5.74, 6) is 0.641. The van der Waals surface area contributed by atoms with Gasteiger partial charge in [-0.05, 0) is 36.5 Å². The molecule has 5 N–H and O–H groups in total. The molecule has 0 saturated heterocycles. The molecule has 0 aliphatic carbocycles. The summed E-state index contributed by atoms with van der Waals surface area (Å²) in [7, 11) is 0. The number of carboxylic acid groups (broad SMARTS) is 1. The number of rotatable bonds is 8. The highest BCUT2D eigenvalue weighted by Gasteiger charge is 2.31. The number of anilines is 2. The fraction of sp³-hybridized carbons (Fsp3) is 0.444. The molecule has 1 aliphatic rings. The first-order chi connectivity index (χ1) is 13.4. The molecule has 28 heavy (non-hydrogen) atoms. The summed E-state index contributed by atoms with van der Waals surface area (Å²) in [4.78, 5) is 33.7. The standard InChI is InChI=1S/C18H23N5O3S2/c1-9(10-7-20-15-11(10)8-21-18(19)23-15)13-3-4-14(28-13)16(24)22-12(17(25)26)5-6-27-2/h3-4,8-10,12H,5-7H2,1-2H3,(H,22,24)(H,25,26)(H3,19,20,21,23)/t9?,10?,12-/m0/s1. The smallest absolute Gasteiger partial charge is 0.326 e. The minimum absolute atomic E-state index is 0.152. The summed E-state index contributed by atoms with van der Waals surface area (Å²) >= 11 is 2.94. The van der Waals surface area contributed by atoms with E-state index in [1.807, 2.05) is 12.3 Å². The maximum absolute atomic E-state index is 12.5. The molecule has 0 fully saturated rings. The lowest BCUT2D eigenvalue weighted by molar-refractivity contribution is -0.139. The van der Waals surface area contributed by atoms with E-state index >= 15 is 0 Å². The number of fused-ring (bicyclic) bond motifs is 1. The van der Waals surface area contributed by atoms with Gasteiger partial charge in [0.1, 0.15) is 11.9 Å². The molecule has 2 aromatic heterocycles. The van der Waals surface area contributed by atoms with Gasteiger partial charge in [0.2, 0.25) is 5.95 Å². The highest BCUT2D eigenvalue weighted by Crippen LogP contribution is 2.41. The van der Waals surface area contributed by atoms with Gasteiger partial charge in [-0.1, -0.05) is 6.92 Å². The van der Waals surface area contributed by atoms with Crippen LogP contribution >= 0.6 is 23.1 Å². The molecular formula is C18H23N5O3S2. The first-order valence-corrected chi connectivity index (χ1v) is 11.1. The molecule has 0 spiro atoms. The number of nitrogens with one attached hydrogen (secondary N) is 2. The quantitative estimate of drug-likeness (QED) is 0.511. The Morgan fingerprint density at radius 2 is 2.29 bits per heavy atom. The van der Waals surface area contributed by atoms with E-state index in [4.69, 9.17) is 5.73 Å². The predicted octanol–water partition coefficient (Wildman–Crippen LogP) is 2.37. The van der Waals surface area contributed by atoms with Gasteiger partial charge in [-0.25, -0.2) is 9.78 Å². The van der Waals surface area contributed by atoms with Gasteiger partial charge in [-0.15, -0.1) is 11.3 Å². The third kappa shape index (κ3) is 4.39. The largest absolute Gasteiger partial charge is 0.480 e. The summed E-state index contributed by atoms with van der Waals surface area (Å²) in [6, 6.07) is 2.80. The topological polar surface area (TPSA) is 130 Å². The van der Waals surface area contributed by atoms with Crippen molar-refractivity contribution < 1.29 is 14.7 Å². The van der Waals surface area contributed by atoms with Crippen LogP contribution in [-0.4, -0.2) is 51.5 Å². The Balaban J connectivity index is 1.70. The first-order valence-electron chi connectivity index (χ1n) is 8.89. The highest BCUT2D eigenvalue weighted by molar-refractivity contribution is 7.98. The van der Waals surface area contributed by atoms with Gasteiger partial charge < -0.3 is 21.5 Å². The van der Waals surface area contributed by atoms with E-state index in [0.29, 0.717) is 17.1 Å². The van der Waals surface area contributed by atoms with Crippen LogP contribution in [0, 0.1) is 0 Å². The fourth-order valence-electron chi connectivity index (χ4n) is 3.22. The summed E-state index contributed by atoms with van der Waals surface area (Å²) in [6.07, 6.45) is 4.05. The van der Waals surface area contributed by atoms with Crippen LogP contribution < -0.4 is 16.4 Å². The Hall–Kier alpha value is -2.33. The van der Waals surface area contributed by atoms with Crippen molar-refractivity contribution in [3.8, 4) is 0 Å². The highest BCUT2D eigenvalue weighted by atomic mass is 32.2. The van der Waals surface area contributed by atoms with Gasteiger partial charge in [0, 0.05) is 29.1 Å². The number of nitrogens with two attached hydrogens (primary N) is 1. The number of hydrogen-bond donors (Lipinski definition) is 4. The average Bonchev–Trinajstić information content (AvgIpc) is 3.31. The number of nitrogens with zero attached hydrogens (tertiary/aromatic N) is 2. The van der Waals surface area contributed by atoms with Crippen LogP contribution in [0.15, 0.2) is 18.3 Å². The zero-order valence-electron chi connectivity index (χ0n) is 15.6. The summed E-state index contributed by atoms with van der Waals surface area (Å²) in [5, 5.41) is 15.2. The van der Waals surface area contributed by atoms with Crippen LogP contribution in [0.25, 0.3) is 0 Å². The van der Waals surface area contributed by atoms with Crippen LogP contribution in [0.3, 0.4) is 0 Å². The van der Waals surface area contributed by atoms with Gasteiger partial charge in [0.25, 0.3) is 5.91 Å². The molecule has 2 aromatic rings. The number of nitrogen functional groups attached to an aromatic ring is 1. The van der Waals surface area contributed by atoms with Crippen molar-refractivity contribution in [3.63, 3.8) is 0 Å². The molecule has 1 amide bonds. The molecule has 3 heterocycles. The minimum atomic E-state index is -1.01. The van der Waals surface area contributed by atoms with Crippen molar-refractivity contribution in [2.75, 3.05) is 29.6 Å². The number of carbonyl (C=O) groups excluding carboxylic acids is 1. The molecule has 0 radical (unpaired) electrons. The van der Waals surface area contributed by atoms with Gasteiger partial charge >= 0.3 is 5.97 Å². The molecule has 2 unspecified atom stereocenters. The third-order valence-corrected chi connectivity index (χ3v) is 6.77. The van der Waals surface area contributed by atoms with E-state index in [1.54, 1.807) is 24.0 Å². The third-order valence-electron chi connectivity index (χ3n) is 4.84. The van der Waals surface area contributed by atoms with Gasteiger partial charge in [0.15, 0.2) is 0 Å². The van der Waals surface area contributed by atoms with Crippen molar-refractivity contribution >= 4 is 46.7 Å². The van der Waals surface area contributed by atoms with Crippen molar-refractivity contribution in [1.82, 2.24) is 15.3 Å². The minimum Gasteiger partial charge on any atom is -0.480 e. The Labute approximate surface area is 171 Å². The second-order valence-electron chi connectivity index (χ2n) is 6.66. The lowest BCUT2D eigenvalue weighted by Gasteiger charge is -2.17. The van der Waals surface area contributed by atoms with E-state index in [-0.39, 0.29) is 23.7 Å². The normalized spacial score (nSPS) is 17.4. The number of amides is 1. The molecule has 8 nitrogen and oxygen atoms in total. The molecular weight excluding hydrogens is 398 g/mol. The zero-order chi connectivity index (χ0) is 20.3. The Kier molecular flexibility index (Phi) is 6.40. The van der Waals surface area contributed by atoms with E-state index in [2.05, 4.69) is 27.5 Å². The van der Waals surface area contributed by atoms with Gasteiger partial charge in [-0.2, -0.15) is 16.7 Å². The number of carbonyl (C=O) groups is 2. The van der Waals surface area contributed by atoms with Crippen LogP contribution in [-0.2, 0) is 4.79 Å². The van der Waals surface area contributed by atoms with E-state index in [1.165, 1.54) is 11.3 Å². The van der Waals surface area contributed by atoms with Crippen LogP contribution in [0.4, 0.5) is 11.8 Å². The summed E-state index contributed by atoms with van der Waals surface area (Å²) in [5.41, 5.74) is 6.66. The van der Waals surface area contributed by atoms with Gasteiger partial charge in [0.05, 0.1) is 4.88 Å². The van der Waals surface area contributed by atoms with Crippen molar-refractivity contribution in [2.24, 2.45) is 0 Å². The predicted molar refractivity (Wildman–Crippen MR) is 112 cm³/mol. The number of thioether (sulfide) groups is 1. The van der Waals surface area contributed by atoms with Crippen molar-refractivity contribution in [3.05, 3.63) is 33.6 Å². The molecule has 0 aromatic carbocycles. The van der Waals surface area contributed by atoms with Gasteiger partial charge in [-0.3, -0.25) is 4.79 Å². The SMILES string of the molecule is CSCC[C@H](NC(=O)c1ccc(C(C)C2CNc3nc(N)ncc32)s1)C(=O)O. The lowest BCUT2D eigenvalue weighted by Crippen LogP contribution is -2.40. The fourth-order valence-corrected chi connectivity index (χ4v) is 4.72. The van der Waals surface area contributed by atoms with Crippen molar-refractivity contribution in [2.45, 2.75) is 31.2 Å². The van der Waals surface area contributed by atoms with Crippen LogP contribution in [0.1, 0.15) is 45.3 Å². The Bertz CT molecular complexity index is 873. The molecule has 1 aliphatic heterocycles. The lowest BCUT2D eigenvalue weighted by atomic mass is 9.89. The van der Waals surface area contributed by atoms with E-state index in [0.717, 1.165) is 22.8 Å². The molecule has 0 bridgehead atoms. The van der Waals surface area contributed by atoms with Crippen molar-refractivity contribution in [1.29, 1.82) is 0 Å².